The second-order valence-electron chi connectivity index (χ2n) is 7.50. The van der Waals surface area contributed by atoms with Crippen molar-refractivity contribution in [3.05, 3.63) is 53.6 Å². The number of ether oxygens (including phenoxy) is 1. The van der Waals surface area contributed by atoms with Crippen LogP contribution < -0.4 is 15.4 Å². The van der Waals surface area contributed by atoms with Gasteiger partial charge in [0.05, 0.1) is 26.7 Å². The normalized spacial score (nSPS) is 10.5. The van der Waals surface area contributed by atoms with Crippen LogP contribution in [-0.4, -0.2) is 68.4 Å². The number of carbonyl (C=O) groups is 3. The Morgan fingerprint density at radius 2 is 1.58 bits per heavy atom. The highest BCUT2D eigenvalue weighted by atomic mass is 16.5. The lowest BCUT2D eigenvalue weighted by molar-refractivity contribution is -0.134. The molecule has 2 aromatic carbocycles. The molecule has 0 aliphatic heterocycles. The number of nitrogens with zero attached hydrogens (tertiary/aromatic N) is 2. The fourth-order valence-electron chi connectivity index (χ4n) is 2.93. The number of rotatable bonds is 9. The van der Waals surface area contributed by atoms with E-state index in [1.807, 2.05) is 32.0 Å². The Morgan fingerprint density at radius 1 is 0.903 bits per heavy atom. The molecule has 3 amide bonds. The van der Waals surface area contributed by atoms with Gasteiger partial charge >= 0.3 is 0 Å². The zero-order valence-corrected chi connectivity index (χ0v) is 18.7. The van der Waals surface area contributed by atoms with Crippen LogP contribution >= 0.6 is 0 Å². The molecule has 0 aliphatic rings. The molecule has 0 saturated carbocycles. The zero-order chi connectivity index (χ0) is 23.0. The number of amides is 3. The minimum Gasteiger partial charge on any atom is -0.497 e. The van der Waals surface area contributed by atoms with E-state index in [2.05, 4.69) is 10.6 Å². The van der Waals surface area contributed by atoms with Gasteiger partial charge in [-0.2, -0.15) is 0 Å². The van der Waals surface area contributed by atoms with Crippen molar-refractivity contribution >= 4 is 29.1 Å². The summed E-state index contributed by atoms with van der Waals surface area (Å²) in [6.07, 6.45) is 0. The summed E-state index contributed by atoms with van der Waals surface area (Å²) in [4.78, 5) is 39.9. The third kappa shape index (κ3) is 7.42. The molecule has 0 fully saturated rings. The van der Waals surface area contributed by atoms with Crippen LogP contribution in [0.4, 0.5) is 11.4 Å². The molecule has 31 heavy (non-hydrogen) atoms. The fraction of sp³-hybridized carbons (Fsp3) is 0.348. The second kappa shape index (κ2) is 11.1. The molecule has 0 aliphatic carbocycles. The predicted octanol–water partition coefficient (Wildman–Crippen LogP) is 2.28. The Hall–Kier alpha value is -3.39. The molecule has 0 spiro atoms. The van der Waals surface area contributed by atoms with Crippen LogP contribution in [0.1, 0.15) is 11.1 Å². The molecule has 0 saturated heterocycles. The van der Waals surface area contributed by atoms with Gasteiger partial charge in [0.2, 0.25) is 17.7 Å². The largest absolute Gasteiger partial charge is 0.497 e. The topological polar surface area (TPSA) is 91.0 Å². The third-order valence-corrected chi connectivity index (χ3v) is 4.86. The van der Waals surface area contributed by atoms with Crippen LogP contribution in [0.3, 0.4) is 0 Å². The van der Waals surface area contributed by atoms with Crippen molar-refractivity contribution in [2.75, 3.05) is 51.5 Å². The minimum absolute atomic E-state index is 0.0170. The van der Waals surface area contributed by atoms with Gasteiger partial charge in [-0.25, -0.2) is 0 Å². The van der Waals surface area contributed by atoms with E-state index in [9.17, 15) is 14.4 Å². The third-order valence-electron chi connectivity index (χ3n) is 4.86. The van der Waals surface area contributed by atoms with Gasteiger partial charge in [-0.15, -0.1) is 0 Å². The van der Waals surface area contributed by atoms with Gasteiger partial charge in [-0.3, -0.25) is 19.3 Å². The smallest absolute Gasteiger partial charge is 0.243 e. The summed E-state index contributed by atoms with van der Waals surface area (Å²) in [6.45, 7) is 3.91. The first kappa shape index (κ1) is 23.9. The van der Waals surface area contributed by atoms with E-state index in [0.29, 0.717) is 11.4 Å². The van der Waals surface area contributed by atoms with E-state index < -0.39 is 0 Å². The van der Waals surface area contributed by atoms with E-state index >= 15 is 0 Å². The molecule has 0 bridgehead atoms. The fourth-order valence-corrected chi connectivity index (χ4v) is 2.93. The Bertz CT molecular complexity index is 945. The van der Waals surface area contributed by atoms with Crippen LogP contribution in [0.15, 0.2) is 42.5 Å². The number of carbonyl (C=O) groups excluding carboxylic acids is 3. The van der Waals surface area contributed by atoms with Crippen molar-refractivity contribution in [1.82, 2.24) is 9.80 Å². The molecular formula is C23H30N4O4. The predicted molar refractivity (Wildman–Crippen MR) is 121 cm³/mol. The summed E-state index contributed by atoms with van der Waals surface area (Å²) in [5, 5.41) is 5.61. The number of aryl methyl sites for hydroxylation is 1. The first-order valence-corrected chi connectivity index (χ1v) is 9.92. The molecule has 8 heteroatoms. The van der Waals surface area contributed by atoms with Crippen LogP contribution in [-0.2, 0) is 14.4 Å². The molecule has 2 rings (SSSR count). The molecule has 8 nitrogen and oxygen atoms in total. The van der Waals surface area contributed by atoms with Crippen molar-refractivity contribution in [1.29, 1.82) is 0 Å². The van der Waals surface area contributed by atoms with Crippen LogP contribution in [0.5, 0.6) is 5.75 Å². The summed E-state index contributed by atoms with van der Waals surface area (Å²) in [5.41, 5.74) is 3.45. The van der Waals surface area contributed by atoms with Gasteiger partial charge in [0.1, 0.15) is 5.75 Å². The average Bonchev–Trinajstić information content (AvgIpc) is 2.71. The van der Waals surface area contributed by atoms with E-state index in [-0.39, 0.29) is 37.4 Å². The quantitative estimate of drug-likeness (QED) is 0.642. The number of nitrogens with one attached hydrogen (secondary N) is 2. The molecule has 0 atom stereocenters. The standard InChI is InChI=1S/C23H30N4O4/c1-16-8-6-11-20(17(16)2)25-21(28)13-26(3)15-23(30)27(4)14-22(29)24-18-9-7-10-19(12-18)31-5/h6-12H,13-15H2,1-5H3,(H,24,29)(H,25,28). The summed E-state index contributed by atoms with van der Waals surface area (Å²) in [6, 6.07) is 12.7. The van der Waals surface area contributed by atoms with Crippen molar-refractivity contribution in [2.45, 2.75) is 13.8 Å². The SMILES string of the molecule is COc1cccc(NC(=O)CN(C)C(=O)CN(C)CC(=O)Nc2cccc(C)c2C)c1. The van der Waals surface area contributed by atoms with Crippen LogP contribution in [0.2, 0.25) is 0 Å². The van der Waals surface area contributed by atoms with Crippen LogP contribution in [0, 0.1) is 13.8 Å². The number of benzene rings is 2. The Kier molecular flexibility index (Phi) is 8.57. The lowest BCUT2D eigenvalue weighted by Gasteiger charge is -2.21. The Morgan fingerprint density at radius 3 is 2.29 bits per heavy atom. The lowest BCUT2D eigenvalue weighted by Crippen LogP contribution is -2.42. The van der Waals surface area contributed by atoms with Crippen molar-refractivity contribution in [3.8, 4) is 5.75 Å². The number of hydrogen-bond donors (Lipinski definition) is 2. The summed E-state index contributed by atoms with van der Waals surface area (Å²) in [7, 11) is 4.79. The Balaban J connectivity index is 1.80. The van der Waals surface area contributed by atoms with Crippen LogP contribution in [0.25, 0.3) is 0 Å². The van der Waals surface area contributed by atoms with Crippen molar-refractivity contribution in [3.63, 3.8) is 0 Å². The number of likely N-dealkylation sites (N-methyl/N-ethyl adjacent to an activating group) is 2. The molecule has 0 radical (unpaired) electrons. The van der Waals surface area contributed by atoms with Gasteiger partial charge in [-0.05, 0) is 50.2 Å². The molecule has 0 heterocycles. The van der Waals surface area contributed by atoms with E-state index in [1.54, 1.807) is 50.4 Å². The summed E-state index contributed by atoms with van der Waals surface area (Å²) in [5.74, 6) is -0.160. The first-order valence-electron chi connectivity index (χ1n) is 9.92. The number of anilines is 2. The van der Waals surface area contributed by atoms with Crippen molar-refractivity contribution < 1.29 is 19.1 Å². The minimum atomic E-state index is -0.320. The second-order valence-corrected chi connectivity index (χ2v) is 7.50. The van der Waals surface area contributed by atoms with E-state index in [1.165, 1.54) is 4.90 Å². The molecular weight excluding hydrogens is 396 g/mol. The van der Waals surface area contributed by atoms with Gasteiger partial charge in [-0.1, -0.05) is 18.2 Å². The van der Waals surface area contributed by atoms with Gasteiger partial charge in [0.15, 0.2) is 0 Å². The molecule has 0 unspecified atom stereocenters. The van der Waals surface area contributed by atoms with Gasteiger partial charge in [0, 0.05) is 24.5 Å². The Labute approximate surface area is 183 Å². The highest BCUT2D eigenvalue weighted by Crippen LogP contribution is 2.18. The number of methoxy groups -OCH3 is 1. The maximum atomic E-state index is 12.4. The average molecular weight is 427 g/mol. The van der Waals surface area contributed by atoms with E-state index in [0.717, 1.165) is 16.8 Å². The van der Waals surface area contributed by atoms with Crippen molar-refractivity contribution in [2.24, 2.45) is 0 Å². The van der Waals surface area contributed by atoms with E-state index in [4.69, 9.17) is 4.74 Å². The lowest BCUT2D eigenvalue weighted by atomic mass is 10.1. The highest BCUT2D eigenvalue weighted by molar-refractivity contribution is 5.95. The maximum absolute atomic E-state index is 12.4. The summed E-state index contributed by atoms with van der Waals surface area (Å²) < 4.78 is 5.13. The van der Waals surface area contributed by atoms with Gasteiger partial charge in [0.25, 0.3) is 0 Å². The maximum Gasteiger partial charge on any atom is 0.243 e. The number of hydrogen-bond acceptors (Lipinski definition) is 5. The monoisotopic (exact) mass is 426 g/mol. The van der Waals surface area contributed by atoms with Gasteiger partial charge < -0.3 is 20.3 Å². The molecule has 0 aromatic heterocycles. The molecule has 166 valence electrons. The first-order chi connectivity index (χ1) is 14.7. The highest BCUT2D eigenvalue weighted by Gasteiger charge is 2.17. The molecule has 2 aromatic rings. The zero-order valence-electron chi connectivity index (χ0n) is 18.7. The summed E-state index contributed by atoms with van der Waals surface area (Å²) >= 11 is 0. The molecule has 2 N–H and O–H groups in total.